The molecule has 0 spiro atoms. The lowest BCUT2D eigenvalue weighted by atomic mass is 9.67. The quantitative estimate of drug-likeness (QED) is 0.707. The SMILES string of the molecule is [B]c1cc(-c2c([B]C)cc(C)cc2Cc2ccccc2)cc([B])c1NC. The Morgan fingerprint density at radius 2 is 1.62 bits per heavy atom. The van der Waals surface area contributed by atoms with Crippen LogP contribution in [0.2, 0.25) is 6.82 Å². The number of aryl methyl sites for hydroxylation is 1. The molecular formula is C22H21B3N. The van der Waals surface area contributed by atoms with Gasteiger partial charge in [0.1, 0.15) is 23.0 Å². The van der Waals surface area contributed by atoms with Crippen molar-refractivity contribution in [3.05, 3.63) is 71.3 Å². The van der Waals surface area contributed by atoms with E-state index < -0.39 is 0 Å². The molecule has 0 aliphatic rings. The smallest absolute Gasteiger partial charge is 0.149 e. The minimum Gasteiger partial charge on any atom is -0.389 e. The van der Waals surface area contributed by atoms with Crippen molar-refractivity contribution in [3.63, 3.8) is 0 Å². The predicted octanol–water partition coefficient (Wildman–Crippen LogP) is 2.26. The minimum absolute atomic E-state index is 0.663. The van der Waals surface area contributed by atoms with E-state index in [4.69, 9.17) is 15.7 Å². The van der Waals surface area contributed by atoms with Crippen molar-refractivity contribution in [2.24, 2.45) is 0 Å². The molecular weight excluding hydrogens is 311 g/mol. The summed E-state index contributed by atoms with van der Waals surface area (Å²) in [5, 5.41) is 3.08. The Morgan fingerprint density at radius 1 is 0.962 bits per heavy atom. The minimum atomic E-state index is 0.663. The summed E-state index contributed by atoms with van der Waals surface area (Å²) < 4.78 is 0. The second kappa shape index (κ2) is 7.91. The summed E-state index contributed by atoms with van der Waals surface area (Å²) in [6.45, 7) is 4.21. The van der Waals surface area contributed by atoms with Gasteiger partial charge in [-0.25, -0.2) is 0 Å². The molecule has 3 rings (SSSR count). The largest absolute Gasteiger partial charge is 0.389 e. The molecule has 0 heterocycles. The molecule has 5 radical (unpaired) electrons. The van der Waals surface area contributed by atoms with E-state index in [0.717, 1.165) is 17.7 Å². The fourth-order valence-corrected chi connectivity index (χ4v) is 3.55. The highest BCUT2D eigenvalue weighted by atomic mass is 14.8. The number of hydrogen-bond donors (Lipinski definition) is 1. The van der Waals surface area contributed by atoms with Crippen LogP contribution in [-0.2, 0) is 6.42 Å². The van der Waals surface area contributed by atoms with Crippen LogP contribution in [0.1, 0.15) is 16.7 Å². The van der Waals surface area contributed by atoms with E-state index in [9.17, 15) is 0 Å². The van der Waals surface area contributed by atoms with Crippen LogP contribution in [0.25, 0.3) is 11.1 Å². The summed E-state index contributed by atoms with van der Waals surface area (Å²) in [4.78, 5) is 0. The Labute approximate surface area is 160 Å². The first-order valence-corrected chi connectivity index (χ1v) is 8.87. The third-order valence-electron chi connectivity index (χ3n) is 4.68. The van der Waals surface area contributed by atoms with Gasteiger partial charge in [0.15, 0.2) is 0 Å². The molecule has 3 aromatic carbocycles. The van der Waals surface area contributed by atoms with Crippen LogP contribution in [-0.4, -0.2) is 30.0 Å². The van der Waals surface area contributed by atoms with Crippen LogP contribution in [0.3, 0.4) is 0 Å². The molecule has 0 saturated heterocycles. The van der Waals surface area contributed by atoms with Gasteiger partial charge in [-0.2, -0.15) is 0 Å². The highest BCUT2D eigenvalue weighted by Gasteiger charge is 2.14. The molecule has 0 amide bonds. The zero-order valence-electron chi connectivity index (χ0n) is 15.6. The molecule has 0 aromatic heterocycles. The van der Waals surface area contributed by atoms with Gasteiger partial charge in [-0.1, -0.05) is 83.4 Å². The molecule has 0 unspecified atom stereocenters. The maximum Gasteiger partial charge on any atom is 0.149 e. The van der Waals surface area contributed by atoms with Crippen molar-refractivity contribution in [3.8, 4) is 11.1 Å². The van der Waals surface area contributed by atoms with Gasteiger partial charge in [-0.3, -0.25) is 0 Å². The number of anilines is 1. The molecule has 123 valence electrons. The standard InChI is InChI=1S/C22H21B3N/c1-14-9-16(11-15-7-5-4-6-8-15)21(20(10-14)25-2)17-12-18(23)22(26-3)19(24)13-17/h4-10,12-13,26H,11H2,1-3H3. The number of rotatable bonds is 5. The third kappa shape index (κ3) is 3.75. The second-order valence-corrected chi connectivity index (χ2v) is 6.62. The van der Waals surface area contributed by atoms with Crippen molar-refractivity contribution >= 4 is 45.0 Å². The summed E-state index contributed by atoms with van der Waals surface area (Å²) in [6.07, 6.45) is 0.867. The molecule has 0 fully saturated rings. The Kier molecular flexibility index (Phi) is 5.61. The Balaban J connectivity index is 2.19. The van der Waals surface area contributed by atoms with E-state index in [0.29, 0.717) is 10.9 Å². The zero-order chi connectivity index (χ0) is 18.7. The molecule has 0 saturated carbocycles. The molecule has 1 nitrogen and oxygen atoms in total. The first-order valence-electron chi connectivity index (χ1n) is 8.87. The van der Waals surface area contributed by atoms with Gasteiger partial charge in [0, 0.05) is 12.7 Å². The topological polar surface area (TPSA) is 12.0 Å². The molecule has 0 atom stereocenters. The van der Waals surface area contributed by atoms with Crippen LogP contribution in [0.5, 0.6) is 0 Å². The van der Waals surface area contributed by atoms with E-state index in [-0.39, 0.29) is 0 Å². The van der Waals surface area contributed by atoms with Crippen molar-refractivity contribution < 1.29 is 0 Å². The Hall–Kier alpha value is -2.35. The lowest BCUT2D eigenvalue weighted by molar-refractivity contribution is 1.19. The summed E-state index contributed by atoms with van der Waals surface area (Å²) in [7, 11) is 16.5. The van der Waals surface area contributed by atoms with E-state index in [1.165, 1.54) is 27.7 Å². The van der Waals surface area contributed by atoms with Crippen LogP contribution in [0, 0.1) is 6.92 Å². The van der Waals surface area contributed by atoms with E-state index >= 15 is 0 Å². The molecule has 4 heteroatoms. The van der Waals surface area contributed by atoms with Crippen molar-refractivity contribution in [1.29, 1.82) is 0 Å². The van der Waals surface area contributed by atoms with Crippen LogP contribution >= 0.6 is 0 Å². The first-order chi connectivity index (χ1) is 12.5. The lowest BCUT2D eigenvalue weighted by Gasteiger charge is -2.19. The normalized spacial score (nSPS) is 10.6. The van der Waals surface area contributed by atoms with Crippen LogP contribution < -0.4 is 21.7 Å². The average Bonchev–Trinajstić information content (AvgIpc) is 2.61. The Morgan fingerprint density at radius 3 is 2.19 bits per heavy atom. The highest BCUT2D eigenvalue weighted by Crippen LogP contribution is 2.25. The van der Waals surface area contributed by atoms with Gasteiger partial charge in [0.05, 0.1) is 0 Å². The van der Waals surface area contributed by atoms with Gasteiger partial charge < -0.3 is 5.32 Å². The molecule has 1 N–H and O–H groups in total. The molecule has 0 aliphatic heterocycles. The molecule has 0 aliphatic carbocycles. The lowest BCUT2D eigenvalue weighted by Crippen LogP contribution is -2.24. The molecule has 3 aromatic rings. The van der Waals surface area contributed by atoms with Crippen molar-refractivity contribution in [1.82, 2.24) is 0 Å². The summed E-state index contributed by atoms with van der Waals surface area (Å²) in [6, 6.07) is 19.0. The van der Waals surface area contributed by atoms with Gasteiger partial charge in [-0.15, -0.1) is 0 Å². The van der Waals surface area contributed by atoms with Crippen LogP contribution in [0.4, 0.5) is 5.69 Å². The van der Waals surface area contributed by atoms with Crippen molar-refractivity contribution in [2.75, 3.05) is 12.4 Å². The monoisotopic (exact) mass is 332 g/mol. The molecule has 0 bridgehead atoms. The third-order valence-corrected chi connectivity index (χ3v) is 4.68. The molecule has 26 heavy (non-hydrogen) atoms. The fourth-order valence-electron chi connectivity index (χ4n) is 3.55. The maximum absolute atomic E-state index is 6.24. The van der Waals surface area contributed by atoms with Gasteiger partial charge >= 0.3 is 0 Å². The summed E-state index contributed by atoms with van der Waals surface area (Å²) >= 11 is 0. The summed E-state index contributed by atoms with van der Waals surface area (Å²) in [5.74, 6) is 0. The first kappa shape index (κ1) is 18.4. The average molecular weight is 332 g/mol. The van der Waals surface area contributed by atoms with E-state index in [2.05, 4.69) is 62.7 Å². The fraction of sp³-hybridized carbons (Fsp3) is 0.182. The Bertz CT molecular complexity index is 897. The number of benzene rings is 3. The van der Waals surface area contributed by atoms with Crippen molar-refractivity contribution in [2.45, 2.75) is 20.2 Å². The van der Waals surface area contributed by atoms with Crippen LogP contribution in [0.15, 0.2) is 54.6 Å². The summed E-state index contributed by atoms with van der Waals surface area (Å²) in [5.41, 5.74) is 9.38. The van der Waals surface area contributed by atoms with E-state index in [1.807, 2.05) is 25.2 Å². The van der Waals surface area contributed by atoms with Gasteiger partial charge in [0.25, 0.3) is 0 Å². The van der Waals surface area contributed by atoms with E-state index in [1.54, 1.807) is 0 Å². The van der Waals surface area contributed by atoms with Gasteiger partial charge in [-0.05, 0) is 35.6 Å². The number of nitrogens with one attached hydrogen (secondary N) is 1. The predicted molar refractivity (Wildman–Crippen MR) is 117 cm³/mol. The zero-order valence-corrected chi connectivity index (χ0v) is 15.6. The highest BCUT2D eigenvalue weighted by molar-refractivity contribution is 6.54. The second-order valence-electron chi connectivity index (χ2n) is 6.62. The maximum atomic E-state index is 6.24. The number of hydrogen-bond acceptors (Lipinski definition) is 1. The van der Waals surface area contributed by atoms with Gasteiger partial charge in [0.2, 0.25) is 0 Å².